The quantitative estimate of drug-likeness (QED) is 0.854. The number of hydrogen-bond acceptors (Lipinski definition) is 4. The average molecular weight is 344 g/mol. The van der Waals surface area contributed by atoms with E-state index in [9.17, 15) is 4.79 Å². The third-order valence-electron chi connectivity index (χ3n) is 4.45. The van der Waals surface area contributed by atoms with E-state index in [1.165, 1.54) is 5.56 Å². The fourth-order valence-electron chi connectivity index (χ4n) is 3.31. The number of nitrogens with zero attached hydrogens (tertiary/aromatic N) is 4. The average Bonchev–Trinajstić information content (AvgIpc) is 2.94. The van der Waals surface area contributed by atoms with Gasteiger partial charge in [0.05, 0.1) is 6.04 Å². The highest BCUT2D eigenvalue weighted by molar-refractivity contribution is 7.97. The van der Waals surface area contributed by atoms with Gasteiger partial charge in [0.25, 0.3) is 5.91 Å². The van der Waals surface area contributed by atoms with Crippen LogP contribution in [0.25, 0.3) is 0 Å². The highest BCUT2D eigenvalue weighted by Crippen LogP contribution is 2.23. The van der Waals surface area contributed by atoms with Crippen LogP contribution in [0.2, 0.25) is 0 Å². The zero-order valence-electron chi connectivity index (χ0n) is 14.5. The van der Waals surface area contributed by atoms with Crippen molar-refractivity contribution in [3.8, 4) is 0 Å². The molecule has 5 nitrogen and oxygen atoms in total. The standard InChI is InChI=1S/C18H24N4OS/c1-13-19-14(2)22(20-13)17-5-4-10-21(11-17)18(23)16-8-6-15(7-9-16)12-24-3/h6-9,17H,4-5,10-12H2,1-3H3. The summed E-state index contributed by atoms with van der Waals surface area (Å²) >= 11 is 1.79. The van der Waals surface area contributed by atoms with Gasteiger partial charge in [-0.25, -0.2) is 9.67 Å². The van der Waals surface area contributed by atoms with Crippen molar-refractivity contribution in [1.29, 1.82) is 0 Å². The molecule has 1 aliphatic rings. The Balaban J connectivity index is 1.72. The van der Waals surface area contributed by atoms with Gasteiger partial charge < -0.3 is 4.90 Å². The minimum absolute atomic E-state index is 0.116. The Morgan fingerprint density at radius 1 is 1.29 bits per heavy atom. The fourth-order valence-corrected chi connectivity index (χ4v) is 3.84. The van der Waals surface area contributed by atoms with Crippen molar-refractivity contribution in [2.45, 2.75) is 38.5 Å². The Bertz CT molecular complexity index is 710. The molecule has 0 bridgehead atoms. The SMILES string of the molecule is CSCc1ccc(C(=O)N2CCCC(n3nc(C)nc3C)C2)cc1. The van der Waals surface area contributed by atoms with Crippen LogP contribution in [0.4, 0.5) is 0 Å². The summed E-state index contributed by atoms with van der Waals surface area (Å²) in [6.45, 7) is 5.40. The molecule has 2 heterocycles. The summed E-state index contributed by atoms with van der Waals surface area (Å²) < 4.78 is 1.98. The predicted octanol–water partition coefficient (Wildman–Crippen LogP) is 3.24. The van der Waals surface area contributed by atoms with Gasteiger partial charge in [-0.2, -0.15) is 16.9 Å². The Labute approximate surface area is 147 Å². The van der Waals surface area contributed by atoms with Crippen LogP contribution < -0.4 is 0 Å². The van der Waals surface area contributed by atoms with E-state index in [2.05, 4.69) is 28.5 Å². The van der Waals surface area contributed by atoms with Crippen molar-refractivity contribution >= 4 is 17.7 Å². The van der Waals surface area contributed by atoms with Crippen molar-refractivity contribution in [2.75, 3.05) is 19.3 Å². The van der Waals surface area contributed by atoms with Crippen molar-refractivity contribution in [2.24, 2.45) is 0 Å². The molecular weight excluding hydrogens is 320 g/mol. The van der Waals surface area contributed by atoms with Crippen molar-refractivity contribution < 1.29 is 4.79 Å². The Hall–Kier alpha value is -1.82. The molecule has 3 rings (SSSR count). The Morgan fingerprint density at radius 2 is 2.04 bits per heavy atom. The summed E-state index contributed by atoms with van der Waals surface area (Å²) in [5, 5.41) is 4.50. The van der Waals surface area contributed by atoms with Crippen molar-refractivity contribution in [1.82, 2.24) is 19.7 Å². The molecule has 2 aromatic rings. The third kappa shape index (κ3) is 3.64. The summed E-state index contributed by atoms with van der Waals surface area (Å²) in [5.41, 5.74) is 2.02. The number of rotatable bonds is 4. The number of likely N-dealkylation sites (tertiary alicyclic amines) is 1. The Kier molecular flexibility index (Phi) is 5.23. The molecule has 1 atom stereocenters. The highest BCUT2D eigenvalue weighted by atomic mass is 32.2. The van der Waals surface area contributed by atoms with Crippen LogP contribution in [0.5, 0.6) is 0 Å². The lowest BCUT2D eigenvalue weighted by Gasteiger charge is -2.33. The second kappa shape index (κ2) is 7.38. The first kappa shape index (κ1) is 17.0. The van der Waals surface area contributed by atoms with Gasteiger partial charge in [-0.3, -0.25) is 4.79 Å². The van der Waals surface area contributed by atoms with E-state index in [1.54, 1.807) is 11.8 Å². The van der Waals surface area contributed by atoms with Gasteiger partial charge in [0.2, 0.25) is 0 Å². The van der Waals surface area contributed by atoms with Crippen LogP contribution in [0.15, 0.2) is 24.3 Å². The third-order valence-corrected chi connectivity index (χ3v) is 5.07. The number of amides is 1. The molecule has 0 aliphatic carbocycles. The molecule has 1 saturated heterocycles. The van der Waals surface area contributed by atoms with Crippen LogP contribution in [0.1, 0.15) is 46.5 Å². The van der Waals surface area contributed by atoms with E-state index in [0.29, 0.717) is 6.54 Å². The minimum atomic E-state index is 0.116. The van der Waals surface area contributed by atoms with Crippen LogP contribution >= 0.6 is 11.8 Å². The van der Waals surface area contributed by atoms with E-state index < -0.39 is 0 Å². The van der Waals surface area contributed by atoms with Gasteiger partial charge in [-0.05, 0) is 50.6 Å². The molecule has 1 fully saturated rings. The van der Waals surface area contributed by atoms with E-state index >= 15 is 0 Å². The molecule has 1 amide bonds. The molecule has 1 aromatic heterocycles. The molecular formula is C18H24N4OS. The maximum atomic E-state index is 12.8. The summed E-state index contributed by atoms with van der Waals surface area (Å²) in [6.07, 6.45) is 4.13. The largest absolute Gasteiger partial charge is 0.337 e. The first-order chi connectivity index (χ1) is 11.6. The molecule has 1 aromatic carbocycles. The lowest BCUT2D eigenvalue weighted by Crippen LogP contribution is -2.41. The van der Waals surface area contributed by atoms with Crippen LogP contribution in [-0.4, -0.2) is 44.9 Å². The van der Waals surface area contributed by atoms with Gasteiger partial charge in [0.1, 0.15) is 11.6 Å². The summed E-state index contributed by atoms with van der Waals surface area (Å²) in [7, 11) is 0. The van der Waals surface area contributed by atoms with Crippen molar-refractivity contribution in [3.05, 3.63) is 47.0 Å². The predicted molar refractivity (Wildman–Crippen MR) is 97.3 cm³/mol. The molecule has 128 valence electrons. The molecule has 1 unspecified atom stereocenters. The van der Waals surface area contributed by atoms with Gasteiger partial charge in [0, 0.05) is 24.4 Å². The maximum absolute atomic E-state index is 12.8. The number of carbonyl (C=O) groups is 1. The number of piperidine rings is 1. The van der Waals surface area contributed by atoms with Gasteiger partial charge >= 0.3 is 0 Å². The van der Waals surface area contributed by atoms with E-state index in [1.807, 2.05) is 35.6 Å². The van der Waals surface area contributed by atoms with E-state index in [4.69, 9.17) is 0 Å². The molecule has 6 heteroatoms. The normalized spacial score (nSPS) is 18.0. The minimum Gasteiger partial charge on any atom is -0.337 e. The van der Waals surface area contributed by atoms with E-state index in [-0.39, 0.29) is 11.9 Å². The summed E-state index contributed by atoms with van der Waals surface area (Å²) in [4.78, 5) is 19.2. The second-order valence-corrected chi connectivity index (χ2v) is 7.19. The molecule has 24 heavy (non-hydrogen) atoms. The Morgan fingerprint density at radius 3 is 2.67 bits per heavy atom. The first-order valence-corrected chi connectivity index (χ1v) is 9.75. The zero-order chi connectivity index (χ0) is 17.1. The van der Waals surface area contributed by atoms with E-state index in [0.717, 1.165) is 42.4 Å². The summed E-state index contributed by atoms with van der Waals surface area (Å²) in [5.74, 6) is 2.81. The number of thioether (sulfide) groups is 1. The highest BCUT2D eigenvalue weighted by Gasteiger charge is 2.27. The number of benzene rings is 1. The number of carbonyl (C=O) groups excluding carboxylic acids is 1. The number of aromatic nitrogens is 3. The maximum Gasteiger partial charge on any atom is 0.253 e. The van der Waals surface area contributed by atoms with Gasteiger partial charge in [-0.15, -0.1) is 0 Å². The van der Waals surface area contributed by atoms with Crippen LogP contribution in [0.3, 0.4) is 0 Å². The lowest BCUT2D eigenvalue weighted by atomic mass is 10.0. The van der Waals surface area contributed by atoms with Crippen LogP contribution in [0, 0.1) is 13.8 Å². The topological polar surface area (TPSA) is 51.0 Å². The molecule has 1 aliphatic heterocycles. The monoisotopic (exact) mass is 344 g/mol. The molecule has 0 N–H and O–H groups in total. The first-order valence-electron chi connectivity index (χ1n) is 8.35. The van der Waals surface area contributed by atoms with Crippen molar-refractivity contribution in [3.63, 3.8) is 0 Å². The van der Waals surface area contributed by atoms with Crippen LogP contribution in [-0.2, 0) is 5.75 Å². The number of hydrogen-bond donors (Lipinski definition) is 0. The molecule has 0 radical (unpaired) electrons. The summed E-state index contributed by atoms with van der Waals surface area (Å²) in [6, 6.07) is 8.22. The van der Waals surface area contributed by atoms with Gasteiger partial charge in [0.15, 0.2) is 0 Å². The van der Waals surface area contributed by atoms with Gasteiger partial charge in [-0.1, -0.05) is 12.1 Å². The molecule has 0 saturated carbocycles. The molecule has 0 spiro atoms. The fraction of sp³-hybridized carbons (Fsp3) is 0.500. The zero-order valence-corrected chi connectivity index (χ0v) is 15.3. The second-order valence-electron chi connectivity index (χ2n) is 6.33. The smallest absolute Gasteiger partial charge is 0.253 e. The number of aryl methyl sites for hydroxylation is 2. The lowest BCUT2D eigenvalue weighted by molar-refractivity contribution is 0.0671.